The molecular formula is C13H16FNO5. The van der Waals surface area contributed by atoms with E-state index in [0.717, 1.165) is 6.07 Å². The summed E-state index contributed by atoms with van der Waals surface area (Å²) in [7, 11) is 1.50. The highest BCUT2D eigenvalue weighted by Crippen LogP contribution is 2.22. The Morgan fingerprint density at radius 2 is 2.15 bits per heavy atom. The molecule has 0 radical (unpaired) electrons. The van der Waals surface area contributed by atoms with Crippen molar-refractivity contribution >= 4 is 11.9 Å². The number of methoxy groups -OCH3 is 1. The molecule has 110 valence electrons. The van der Waals surface area contributed by atoms with Gasteiger partial charge in [-0.2, -0.15) is 0 Å². The van der Waals surface area contributed by atoms with Crippen molar-refractivity contribution in [3.8, 4) is 5.75 Å². The molecule has 1 aromatic carbocycles. The second-order valence-corrected chi connectivity index (χ2v) is 4.13. The van der Waals surface area contributed by atoms with Crippen molar-refractivity contribution in [2.45, 2.75) is 13.0 Å². The third kappa shape index (κ3) is 4.51. The zero-order chi connectivity index (χ0) is 15.1. The SMILES string of the molecule is COCC(C)NC(=O)COc1c(F)cccc1C(=O)O. The van der Waals surface area contributed by atoms with Gasteiger partial charge in [0, 0.05) is 13.2 Å². The molecule has 2 N–H and O–H groups in total. The van der Waals surface area contributed by atoms with Crippen molar-refractivity contribution in [2.75, 3.05) is 20.3 Å². The number of amides is 1. The van der Waals surface area contributed by atoms with Crippen molar-refractivity contribution in [1.29, 1.82) is 0 Å². The molecule has 0 aliphatic rings. The molecule has 6 nitrogen and oxygen atoms in total. The number of carboxylic acids is 1. The Morgan fingerprint density at radius 3 is 2.75 bits per heavy atom. The van der Waals surface area contributed by atoms with E-state index in [1.165, 1.54) is 19.2 Å². The second-order valence-electron chi connectivity index (χ2n) is 4.13. The van der Waals surface area contributed by atoms with Crippen molar-refractivity contribution in [1.82, 2.24) is 5.32 Å². The standard InChI is InChI=1S/C13H16FNO5/c1-8(6-19-2)15-11(16)7-20-12-9(13(17)18)4-3-5-10(12)14/h3-5,8H,6-7H2,1-2H3,(H,15,16)(H,17,18). The van der Waals surface area contributed by atoms with Gasteiger partial charge in [0.1, 0.15) is 5.56 Å². The van der Waals surface area contributed by atoms with Gasteiger partial charge in [0.25, 0.3) is 5.91 Å². The highest BCUT2D eigenvalue weighted by Gasteiger charge is 2.17. The van der Waals surface area contributed by atoms with Gasteiger partial charge in [-0.15, -0.1) is 0 Å². The maximum Gasteiger partial charge on any atom is 0.339 e. The van der Waals surface area contributed by atoms with E-state index in [1.54, 1.807) is 6.92 Å². The predicted octanol–water partition coefficient (Wildman–Crippen LogP) is 1.05. The number of carbonyl (C=O) groups excluding carboxylic acids is 1. The topological polar surface area (TPSA) is 84.9 Å². The lowest BCUT2D eigenvalue weighted by Gasteiger charge is -2.14. The number of aromatic carboxylic acids is 1. The summed E-state index contributed by atoms with van der Waals surface area (Å²) in [4.78, 5) is 22.5. The van der Waals surface area contributed by atoms with Crippen molar-refractivity contribution < 1.29 is 28.6 Å². The van der Waals surface area contributed by atoms with E-state index < -0.39 is 30.1 Å². The fourth-order valence-corrected chi connectivity index (χ4v) is 1.57. The molecule has 0 heterocycles. The number of hydrogen-bond acceptors (Lipinski definition) is 4. The van der Waals surface area contributed by atoms with Crippen LogP contribution in [0, 0.1) is 5.82 Å². The van der Waals surface area contributed by atoms with Crippen LogP contribution < -0.4 is 10.1 Å². The van der Waals surface area contributed by atoms with Gasteiger partial charge in [0.15, 0.2) is 18.2 Å². The molecule has 1 unspecified atom stereocenters. The van der Waals surface area contributed by atoms with Gasteiger partial charge in [-0.1, -0.05) is 6.07 Å². The van der Waals surface area contributed by atoms with E-state index in [1.807, 2.05) is 0 Å². The molecule has 0 saturated heterocycles. The summed E-state index contributed by atoms with van der Waals surface area (Å²) in [5.74, 6) is -3.10. The van der Waals surface area contributed by atoms with Crippen LogP contribution in [0.4, 0.5) is 4.39 Å². The lowest BCUT2D eigenvalue weighted by molar-refractivity contribution is -0.124. The summed E-state index contributed by atoms with van der Waals surface area (Å²) in [6.07, 6.45) is 0. The molecular weight excluding hydrogens is 269 g/mol. The maximum absolute atomic E-state index is 13.5. The minimum atomic E-state index is -1.33. The molecule has 0 aliphatic carbocycles. The van der Waals surface area contributed by atoms with Crippen molar-refractivity contribution in [2.24, 2.45) is 0 Å². The highest BCUT2D eigenvalue weighted by molar-refractivity contribution is 5.91. The Labute approximate surface area is 115 Å². The predicted molar refractivity (Wildman–Crippen MR) is 68.3 cm³/mol. The number of carbonyl (C=O) groups is 2. The Hall–Kier alpha value is -2.15. The van der Waals surface area contributed by atoms with E-state index in [9.17, 15) is 14.0 Å². The lowest BCUT2D eigenvalue weighted by Crippen LogP contribution is -2.38. The number of benzene rings is 1. The number of para-hydroxylation sites is 1. The molecule has 0 aromatic heterocycles. The third-order valence-electron chi connectivity index (χ3n) is 2.37. The summed E-state index contributed by atoms with van der Waals surface area (Å²) in [5.41, 5.74) is -0.331. The Bertz CT molecular complexity index is 492. The largest absolute Gasteiger partial charge is 0.480 e. The first-order chi connectivity index (χ1) is 9.45. The van der Waals surface area contributed by atoms with Crippen LogP contribution in [0.25, 0.3) is 0 Å². The van der Waals surface area contributed by atoms with Crippen LogP contribution in [0.1, 0.15) is 17.3 Å². The summed E-state index contributed by atoms with van der Waals surface area (Å²) in [6, 6.07) is 3.29. The molecule has 1 atom stereocenters. The average molecular weight is 285 g/mol. The summed E-state index contributed by atoms with van der Waals surface area (Å²) in [6.45, 7) is 1.58. The normalized spacial score (nSPS) is 11.8. The Balaban J connectivity index is 2.66. The first kappa shape index (κ1) is 15.9. The summed E-state index contributed by atoms with van der Waals surface area (Å²) in [5, 5.41) is 11.5. The fourth-order valence-electron chi connectivity index (χ4n) is 1.57. The van der Waals surface area contributed by atoms with Crippen LogP contribution in [0.15, 0.2) is 18.2 Å². The van der Waals surface area contributed by atoms with Crippen molar-refractivity contribution in [3.63, 3.8) is 0 Å². The number of nitrogens with one attached hydrogen (secondary N) is 1. The van der Waals surface area contributed by atoms with Gasteiger partial charge < -0.3 is 19.9 Å². The molecule has 7 heteroatoms. The zero-order valence-electron chi connectivity index (χ0n) is 11.2. The van der Waals surface area contributed by atoms with E-state index in [0.29, 0.717) is 6.61 Å². The number of halogens is 1. The van der Waals surface area contributed by atoms with Gasteiger partial charge in [-0.05, 0) is 19.1 Å². The smallest absolute Gasteiger partial charge is 0.339 e. The number of carboxylic acid groups (broad SMARTS) is 1. The minimum Gasteiger partial charge on any atom is -0.480 e. The van der Waals surface area contributed by atoms with E-state index >= 15 is 0 Å². The molecule has 1 aromatic rings. The van der Waals surface area contributed by atoms with E-state index in [2.05, 4.69) is 5.32 Å². The van der Waals surface area contributed by atoms with Gasteiger partial charge >= 0.3 is 5.97 Å². The van der Waals surface area contributed by atoms with Gasteiger partial charge in [0.2, 0.25) is 0 Å². The Kier molecular flexibility index (Phi) is 5.92. The third-order valence-corrected chi connectivity index (χ3v) is 2.37. The molecule has 0 bridgehead atoms. The molecule has 1 rings (SSSR count). The molecule has 0 saturated carbocycles. The lowest BCUT2D eigenvalue weighted by atomic mass is 10.2. The Morgan fingerprint density at radius 1 is 1.45 bits per heavy atom. The number of ether oxygens (including phenoxy) is 2. The first-order valence-electron chi connectivity index (χ1n) is 5.88. The van der Waals surface area contributed by atoms with E-state index in [-0.39, 0.29) is 11.6 Å². The van der Waals surface area contributed by atoms with Crippen LogP contribution in [0.5, 0.6) is 5.75 Å². The number of rotatable bonds is 7. The highest BCUT2D eigenvalue weighted by atomic mass is 19.1. The average Bonchev–Trinajstić information content (AvgIpc) is 2.37. The zero-order valence-corrected chi connectivity index (χ0v) is 11.2. The molecule has 0 fully saturated rings. The molecule has 0 aliphatic heterocycles. The second kappa shape index (κ2) is 7.44. The first-order valence-corrected chi connectivity index (χ1v) is 5.88. The monoisotopic (exact) mass is 285 g/mol. The van der Waals surface area contributed by atoms with Crippen LogP contribution in [-0.4, -0.2) is 43.3 Å². The van der Waals surface area contributed by atoms with E-state index in [4.69, 9.17) is 14.6 Å². The molecule has 20 heavy (non-hydrogen) atoms. The molecule has 1 amide bonds. The summed E-state index contributed by atoms with van der Waals surface area (Å²) < 4.78 is 23.3. The van der Waals surface area contributed by atoms with Gasteiger partial charge in [-0.25, -0.2) is 9.18 Å². The number of hydrogen-bond donors (Lipinski definition) is 2. The molecule has 0 spiro atoms. The van der Waals surface area contributed by atoms with Crippen LogP contribution >= 0.6 is 0 Å². The van der Waals surface area contributed by atoms with Crippen LogP contribution in [0.3, 0.4) is 0 Å². The van der Waals surface area contributed by atoms with Gasteiger partial charge in [0.05, 0.1) is 6.61 Å². The fraction of sp³-hybridized carbons (Fsp3) is 0.385. The maximum atomic E-state index is 13.5. The minimum absolute atomic E-state index is 0.226. The van der Waals surface area contributed by atoms with Crippen molar-refractivity contribution in [3.05, 3.63) is 29.6 Å². The van der Waals surface area contributed by atoms with Crippen LogP contribution in [0.2, 0.25) is 0 Å². The van der Waals surface area contributed by atoms with Gasteiger partial charge in [-0.3, -0.25) is 4.79 Å². The van der Waals surface area contributed by atoms with Crippen LogP contribution in [-0.2, 0) is 9.53 Å². The summed E-state index contributed by atoms with van der Waals surface area (Å²) >= 11 is 0. The quantitative estimate of drug-likeness (QED) is 0.782.